The Morgan fingerprint density at radius 1 is 0.833 bits per heavy atom. The van der Waals surface area contributed by atoms with Gasteiger partial charge in [-0.1, -0.05) is 12.1 Å². The number of anilines is 3. The molecule has 4 heteroatoms. The highest BCUT2D eigenvalue weighted by Crippen LogP contribution is 2.37. The molecule has 1 fully saturated rings. The van der Waals surface area contributed by atoms with Crippen molar-refractivity contribution in [3.8, 4) is 0 Å². The standard InChI is InChI=1S/C20H26N4/c1-2-9-20-19(8-1)23(14-6-13-22-11-3-4-12-22)15-16-24(20)18-7-5-10-21-17-18/h1-2,5,7-10,17H,3-4,6,11-16H2. The lowest BCUT2D eigenvalue weighted by Gasteiger charge is -2.39. The third-order valence-electron chi connectivity index (χ3n) is 5.17. The lowest BCUT2D eigenvalue weighted by atomic mass is 10.1. The zero-order chi connectivity index (χ0) is 16.2. The van der Waals surface area contributed by atoms with E-state index in [1.165, 1.54) is 56.0 Å². The quantitative estimate of drug-likeness (QED) is 0.840. The maximum absolute atomic E-state index is 4.28. The van der Waals surface area contributed by atoms with Crippen molar-refractivity contribution in [2.75, 3.05) is 49.1 Å². The second kappa shape index (κ2) is 7.22. The Bertz CT molecular complexity index is 652. The SMILES string of the molecule is c1cncc(N2CCN(CCCN3CCCC3)c3ccccc32)c1. The number of pyridine rings is 1. The number of nitrogens with zero attached hydrogens (tertiary/aromatic N) is 4. The van der Waals surface area contributed by atoms with Gasteiger partial charge in [-0.25, -0.2) is 0 Å². The van der Waals surface area contributed by atoms with Crippen LogP contribution in [0.3, 0.4) is 0 Å². The minimum Gasteiger partial charge on any atom is -0.368 e. The Morgan fingerprint density at radius 3 is 2.46 bits per heavy atom. The van der Waals surface area contributed by atoms with E-state index in [1.54, 1.807) is 0 Å². The Labute approximate surface area is 144 Å². The first-order chi connectivity index (χ1) is 11.9. The number of aromatic nitrogens is 1. The average molecular weight is 322 g/mol. The average Bonchev–Trinajstić information content (AvgIpc) is 3.16. The summed E-state index contributed by atoms with van der Waals surface area (Å²) in [5.74, 6) is 0. The Morgan fingerprint density at radius 2 is 1.67 bits per heavy atom. The molecule has 1 aromatic carbocycles. The van der Waals surface area contributed by atoms with Crippen LogP contribution in [0.5, 0.6) is 0 Å². The van der Waals surface area contributed by atoms with Gasteiger partial charge in [0.2, 0.25) is 0 Å². The number of para-hydroxylation sites is 2. The maximum atomic E-state index is 4.28. The first-order valence-corrected chi connectivity index (χ1v) is 9.16. The normalized spacial score (nSPS) is 18.0. The molecule has 0 atom stereocenters. The molecule has 0 saturated carbocycles. The van der Waals surface area contributed by atoms with E-state index < -0.39 is 0 Å². The summed E-state index contributed by atoms with van der Waals surface area (Å²) in [4.78, 5) is 11.8. The molecule has 4 nitrogen and oxygen atoms in total. The van der Waals surface area contributed by atoms with Crippen molar-refractivity contribution >= 4 is 17.1 Å². The third kappa shape index (κ3) is 3.24. The van der Waals surface area contributed by atoms with E-state index in [4.69, 9.17) is 0 Å². The molecule has 2 aliphatic heterocycles. The molecule has 24 heavy (non-hydrogen) atoms. The van der Waals surface area contributed by atoms with Crippen LogP contribution >= 0.6 is 0 Å². The van der Waals surface area contributed by atoms with Gasteiger partial charge in [0.1, 0.15) is 0 Å². The monoisotopic (exact) mass is 322 g/mol. The molecule has 1 saturated heterocycles. The van der Waals surface area contributed by atoms with Crippen LogP contribution in [0.4, 0.5) is 17.1 Å². The highest BCUT2D eigenvalue weighted by molar-refractivity contribution is 5.79. The first kappa shape index (κ1) is 15.5. The minimum absolute atomic E-state index is 1.02. The Hall–Kier alpha value is -2.07. The summed E-state index contributed by atoms with van der Waals surface area (Å²) in [6.45, 7) is 7.08. The summed E-state index contributed by atoms with van der Waals surface area (Å²) in [7, 11) is 0. The predicted octanol–water partition coefficient (Wildman–Crippen LogP) is 3.53. The van der Waals surface area contributed by atoms with Crippen LogP contribution in [-0.4, -0.2) is 49.2 Å². The van der Waals surface area contributed by atoms with Gasteiger partial charge in [-0.15, -0.1) is 0 Å². The highest BCUT2D eigenvalue weighted by atomic mass is 15.3. The van der Waals surface area contributed by atoms with Crippen LogP contribution in [0, 0.1) is 0 Å². The molecule has 0 radical (unpaired) electrons. The van der Waals surface area contributed by atoms with Gasteiger partial charge >= 0.3 is 0 Å². The van der Waals surface area contributed by atoms with Crippen LogP contribution < -0.4 is 9.80 Å². The molecule has 1 aromatic heterocycles. The number of hydrogen-bond acceptors (Lipinski definition) is 4. The second-order valence-corrected chi connectivity index (χ2v) is 6.74. The van der Waals surface area contributed by atoms with E-state index in [1.807, 2.05) is 18.5 Å². The molecule has 0 unspecified atom stereocenters. The van der Waals surface area contributed by atoms with Crippen molar-refractivity contribution in [2.45, 2.75) is 19.3 Å². The second-order valence-electron chi connectivity index (χ2n) is 6.74. The van der Waals surface area contributed by atoms with Gasteiger partial charge in [0.25, 0.3) is 0 Å². The summed E-state index contributed by atoms with van der Waals surface area (Å²) >= 11 is 0. The van der Waals surface area contributed by atoms with Crippen LogP contribution in [0.25, 0.3) is 0 Å². The largest absolute Gasteiger partial charge is 0.368 e. The number of hydrogen-bond donors (Lipinski definition) is 0. The molecule has 126 valence electrons. The molecule has 0 N–H and O–H groups in total. The molecule has 0 aliphatic carbocycles. The van der Waals surface area contributed by atoms with E-state index in [-0.39, 0.29) is 0 Å². The van der Waals surface area contributed by atoms with Crippen LogP contribution in [0.2, 0.25) is 0 Å². The van der Waals surface area contributed by atoms with E-state index in [0.29, 0.717) is 0 Å². The molecule has 0 spiro atoms. The predicted molar refractivity (Wildman–Crippen MR) is 100 cm³/mol. The van der Waals surface area contributed by atoms with Crippen LogP contribution in [0.1, 0.15) is 19.3 Å². The zero-order valence-corrected chi connectivity index (χ0v) is 14.3. The number of likely N-dealkylation sites (tertiary alicyclic amines) is 1. The topological polar surface area (TPSA) is 22.6 Å². The highest BCUT2D eigenvalue weighted by Gasteiger charge is 2.23. The fraction of sp³-hybridized carbons (Fsp3) is 0.450. The van der Waals surface area contributed by atoms with Gasteiger partial charge in [0.15, 0.2) is 0 Å². The first-order valence-electron chi connectivity index (χ1n) is 9.16. The molecule has 2 aliphatic rings. The smallest absolute Gasteiger partial charge is 0.0649 e. The van der Waals surface area contributed by atoms with Gasteiger partial charge in [-0.2, -0.15) is 0 Å². The number of benzene rings is 1. The summed E-state index contributed by atoms with van der Waals surface area (Å²) in [6.07, 6.45) is 7.81. The maximum Gasteiger partial charge on any atom is 0.0649 e. The van der Waals surface area contributed by atoms with Gasteiger partial charge in [0.05, 0.1) is 23.3 Å². The Kier molecular flexibility index (Phi) is 4.65. The molecule has 0 amide bonds. The lowest BCUT2D eigenvalue weighted by molar-refractivity contribution is 0.334. The molecule has 2 aromatic rings. The molecule has 4 rings (SSSR count). The molecule has 0 bridgehead atoms. The number of rotatable bonds is 5. The van der Waals surface area contributed by atoms with E-state index in [0.717, 1.165) is 19.6 Å². The van der Waals surface area contributed by atoms with Crippen LogP contribution in [0.15, 0.2) is 48.8 Å². The van der Waals surface area contributed by atoms with E-state index >= 15 is 0 Å². The van der Waals surface area contributed by atoms with Gasteiger partial charge in [-0.3, -0.25) is 4.98 Å². The van der Waals surface area contributed by atoms with E-state index in [2.05, 4.69) is 50.0 Å². The zero-order valence-electron chi connectivity index (χ0n) is 14.3. The summed E-state index contributed by atoms with van der Waals surface area (Å²) in [5.41, 5.74) is 3.84. The van der Waals surface area contributed by atoms with Crippen molar-refractivity contribution in [1.29, 1.82) is 0 Å². The van der Waals surface area contributed by atoms with Crippen molar-refractivity contribution < 1.29 is 0 Å². The fourth-order valence-electron chi connectivity index (χ4n) is 3.93. The van der Waals surface area contributed by atoms with Gasteiger partial charge < -0.3 is 14.7 Å². The Balaban J connectivity index is 1.47. The van der Waals surface area contributed by atoms with Crippen molar-refractivity contribution in [2.24, 2.45) is 0 Å². The molecular weight excluding hydrogens is 296 g/mol. The van der Waals surface area contributed by atoms with Gasteiger partial charge in [0, 0.05) is 25.8 Å². The molecular formula is C20H26N4. The van der Waals surface area contributed by atoms with Crippen molar-refractivity contribution in [3.63, 3.8) is 0 Å². The minimum atomic E-state index is 1.02. The van der Waals surface area contributed by atoms with E-state index in [9.17, 15) is 0 Å². The van der Waals surface area contributed by atoms with Crippen molar-refractivity contribution in [3.05, 3.63) is 48.8 Å². The fourth-order valence-corrected chi connectivity index (χ4v) is 3.93. The lowest BCUT2D eigenvalue weighted by Crippen LogP contribution is -2.40. The van der Waals surface area contributed by atoms with Crippen LogP contribution in [-0.2, 0) is 0 Å². The summed E-state index contributed by atoms with van der Waals surface area (Å²) in [6, 6.07) is 12.9. The number of fused-ring (bicyclic) bond motifs is 1. The molecule has 3 heterocycles. The van der Waals surface area contributed by atoms with Gasteiger partial charge in [-0.05, 0) is 63.2 Å². The van der Waals surface area contributed by atoms with Crippen molar-refractivity contribution in [1.82, 2.24) is 9.88 Å². The summed E-state index contributed by atoms with van der Waals surface area (Å²) in [5, 5.41) is 0. The third-order valence-corrected chi connectivity index (χ3v) is 5.17. The summed E-state index contributed by atoms with van der Waals surface area (Å²) < 4.78 is 0.